The molecule has 3 amide bonds. The molecular weight excluding hydrogens is 558 g/mol. The lowest BCUT2D eigenvalue weighted by Gasteiger charge is -2.42. The molecule has 0 saturated heterocycles. The molecule has 1 aromatic carbocycles. The minimum atomic E-state index is -1.05. The van der Waals surface area contributed by atoms with Crippen LogP contribution in [0.4, 0.5) is 4.79 Å². The Labute approximate surface area is 265 Å². The first kappa shape index (κ1) is 38.4. The molecule has 0 aliphatic carbocycles. The predicted molar refractivity (Wildman–Crippen MR) is 175 cm³/mol. The molecule has 44 heavy (non-hydrogen) atoms. The first-order chi connectivity index (χ1) is 20.1. The Hall–Kier alpha value is -3.62. The number of carbonyl (C=O) groups excluding carboxylic acids is 4. The number of nitrogens with zero attached hydrogens (tertiary/aromatic N) is 2. The standard InChI is InChI=1S/C35H55N3O6/c1-15-34(9,10)27(30(40)37(13)26(23(3)4)22-24(5)31(41)43-16-2)36-29(39)28(38(14)32(42)44-33(6,7)8)35(11,12)25-20-18-17-19-21-25/h15,17-23,26-28H,1,16H2,2-14H3,(H,36,39)/b24-22+/t26-,27-,28-/m1/s1. The Bertz CT molecular complexity index is 1200. The summed E-state index contributed by atoms with van der Waals surface area (Å²) in [4.78, 5) is 57.1. The van der Waals surface area contributed by atoms with Crippen LogP contribution in [0.3, 0.4) is 0 Å². The molecule has 0 fully saturated rings. The minimum Gasteiger partial charge on any atom is -0.463 e. The van der Waals surface area contributed by atoms with Gasteiger partial charge in [0.2, 0.25) is 11.8 Å². The summed E-state index contributed by atoms with van der Waals surface area (Å²) in [7, 11) is 3.18. The van der Waals surface area contributed by atoms with E-state index in [-0.39, 0.29) is 18.4 Å². The summed E-state index contributed by atoms with van der Waals surface area (Å²) in [6.07, 6.45) is 2.68. The molecule has 0 aliphatic heterocycles. The van der Waals surface area contributed by atoms with Crippen LogP contribution in [0.2, 0.25) is 0 Å². The maximum atomic E-state index is 14.4. The topological polar surface area (TPSA) is 105 Å². The van der Waals surface area contributed by atoms with Crippen LogP contribution in [-0.4, -0.2) is 78.1 Å². The van der Waals surface area contributed by atoms with Gasteiger partial charge in [0.05, 0.1) is 12.6 Å². The fourth-order valence-corrected chi connectivity index (χ4v) is 5.03. The smallest absolute Gasteiger partial charge is 0.410 e. The summed E-state index contributed by atoms with van der Waals surface area (Å²) < 4.78 is 10.8. The van der Waals surface area contributed by atoms with Gasteiger partial charge in [0, 0.05) is 30.5 Å². The van der Waals surface area contributed by atoms with Gasteiger partial charge in [0.15, 0.2) is 0 Å². The van der Waals surface area contributed by atoms with Gasteiger partial charge in [0.1, 0.15) is 17.7 Å². The van der Waals surface area contributed by atoms with E-state index in [1.807, 2.05) is 71.9 Å². The maximum Gasteiger partial charge on any atom is 0.410 e. The number of rotatable bonds is 13. The molecular formula is C35H55N3O6. The van der Waals surface area contributed by atoms with E-state index in [4.69, 9.17) is 9.47 Å². The fourth-order valence-electron chi connectivity index (χ4n) is 5.03. The van der Waals surface area contributed by atoms with Gasteiger partial charge in [0.25, 0.3) is 0 Å². The van der Waals surface area contributed by atoms with Crippen molar-refractivity contribution < 1.29 is 28.7 Å². The van der Waals surface area contributed by atoms with Crippen LogP contribution in [0.1, 0.15) is 81.7 Å². The maximum absolute atomic E-state index is 14.4. The Kier molecular flexibility index (Phi) is 13.4. The average molecular weight is 614 g/mol. The van der Waals surface area contributed by atoms with E-state index in [1.165, 1.54) is 11.9 Å². The number of ether oxygens (including phenoxy) is 2. The van der Waals surface area contributed by atoms with E-state index in [1.54, 1.807) is 58.7 Å². The second kappa shape index (κ2) is 15.4. The third-order valence-electron chi connectivity index (χ3n) is 7.82. The van der Waals surface area contributed by atoms with Crippen LogP contribution in [-0.2, 0) is 29.3 Å². The third-order valence-corrected chi connectivity index (χ3v) is 7.82. The minimum absolute atomic E-state index is 0.0559. The van der Waals surface area contributed by atoms with Gasteiger partial charge >= 0.3 is 12.1 Å². The molecule has 3 atom stereocenters. The molecule has 1 rings (SSSR count). The number of amides is 3. The Balaban J connectivity index is 3.66. The van der Waals surface area contributed by atoms with Crippen LogP contribution < -0.4 is 5.32 Å². The highest BCUT2D eigenvalue weighted by Gasteiger charge is 2.46. The molecule has 0 unspecified atom stereocenters. The number of hydrogen-bond acceptors (Lipinski definition) is 6. The summed E-state index contributed by atoms with van der Waals surface area (Å²) in [5.74, 6) is -1.40. The zero-order valence-electron chi connectivity index (χ0n) is 29.1. The molecule has 0 bridgehead atoms. The van der Waals surface area contributed by atoms with Crippen molar-refractivity contribution in [2.75, 3.05) is 20.7 Å². The molecule has 0 radical (unpaired) electrons. The SMILES string of the molecule is C=CC(C)(C)[C@H](NC(=O)[C@@H](N(C)C(=O)OC(C)(C)C)C(C)(C)c1ccccc1)C(=O)N(C)[C@H](/C=C(\C)C(=O)OCC)C(C)C. The van der Waals surface area contributed by atoms with Crippen molar-refractivity contribution >= 4 is 23.9 Å². The molecule has 9 nitrogen and oxygen atoms in total. The second-order valence-corrected chi connectivity index (χ2v) is 13.8. The fraction of sp³-hybridized carbons (Fsp3) is 0.600. The lowest BCUT2D eigenvalue weighted by molar-refractivity contribution is -0.141. The number of esters is 1. The quantitative estimate of drug-likeness (QED) is 0.169. The van der Waals surface area contributed by atoms with Gasteiger partial charge < -0.3 is 19.7 Å². The number of carbonyl (C=O) groups is 4. The number of hydrogen-bond donors (Lipinski definition) is 1. The highest BCUT2D eigenvalue weighted by Crippen LogP contribution is 2.32. The van der Waals surface area contributed by atoms with Crippen molar-refractivity contribution in [1.29, 1.82) is 0 Å². The van der Waals surface area contributed by atoms with Crippen molar-refractivity contribution in [3.8, 4) is 0 Å². The summed E-state index contributed by atoms with van der Waals surface area (Å²) in [5, 5.41) is 2.99. The first-order valence-corrected chi connectivity index (χ1v) is 15.2. The average Bonchev–Trinajstić information content (AvgIpc) is 2.93. The summed E-state index contributed by atoms with van der Waals surface area (Å²) in [6.45, 7) is 24.1. The summed E-state index contributed by atoms with van der Waals surface area (Å²) in [5.41, 5.74) is -1.32. The van der Waals surface area contributed by atoms with Crippen LogP contribution in [0.15, 0.2) is 54.6 Å². The number of likely N-dealkylation sites (N-methyl/N-ethyl adjacent to an activating group) is 2. The normalized spacial score (nSPS) is 14.6. The monoisotopic (exact) mass is 613 g/mol. The van der Waals surface area contributed by atoms with E-state index in [2.05, 4.69) is 11.9 Å². The second-order valence-electron chi connectivity index (χ2n) is 13.8. The highest BCUT2D eigenvalue weighted by atomic mass is 16.6. The van der Waals surface area contributed by atoms with Gasteiger partial charge in [-0.3, -0.25) is 14.5 Å². The molecule has 9 heteroatoms. The molecule has 1 aromatic rings. The van der Waals surface area contributed by atoms with Crippen LogP contribution in [0.5, 0.6) is 0 Å². The van der Waals surface area contributed by atoms with Crippen LogP contribution in [0, 0.1) is 11.3 Å². The molecule has 0 heterocycles. The highest BCUT2D eigenvalue weighted by molar-refractivity contribution is 5.93. The van der Waals surface area contributed by atoms with Gasteiger partial charge in [-0.25, -0.2) is 9.59 Å². The first-order valence-electron chi connectivity index (χ1n) is 15.2. The summed E-state index contributed by atoms with van der Waals surface area (Å²) >= 11 is 0. The van der Waals surface area contributed by atoms with Crippen molar-refractivity contribution in [3.05, 3.63) is 60.2 Å². The van der Waals surface area contributed by atoms with Gasteiger partial charge in [-0.1, -0.05) is 84.0 Å². The van der Waals surface area contributed by atoms with Crippen molar-refractivity contribution in [2.45, 2.75) is 105 Å². The largest absolute Gasteiger partial charge is 0.463 e. The zero-order chi connectivity index (χ0) is 34.2. The molecule has 0 spiro atoms. The number of nitrogens with one attached hydrogen (secondary N) is 1. The Morgan fingerprint density at radius 2 is 1.50 bits per heavy atom. The Morgan fingerprint density at radius 1 is 0.955 bits per heavy atom. The molecule has 1 N–H and O–H groups in total. The molecule has 0 saturated carbocycles. The van der Waals surface area contributed by atoms with Gasteiger partial charge in [-0.05, 0) is 46.1 Å². The Morgan fingerprint density at radius 3 is 1.95 bits per heavy atom. The lowest BCUT2D eigenvalue weighted by Crippen LogP contribution is -2.63. The van der Waals surface area contributed by atoms with E-state index < -0.39 is 52.5 Å². The lowest BCUT2D eigenvalue weighted by atomic mass is 9.76. The number of benzene rings is 1. The third kappa shape index (κ3) is 9.96. The molecule has 0 aromatic heterocycles. The van der Waals surface area contributed by atoms with E-state index in [0.29, 0.717) is 5.57 Å². The van der Waals surface area contributed by atoms with Gasteiger partial charge in [-0.15, -0.1) is 6.58 Å². The van der Waals surface area contributed by atoms with Crippen molar-refractivity contribution in [1.82, 2.24) is 15.1 Å². The van der Waals surface area contributed by atoms with Crippen LogP contribution >= 0.6 is 0 Å². The van der Waals surface area contributed by atoms with E-state index in [9.17, 15) is 19.2 Å². The predicted octanol–water partition coefficient (Wildman–Crippen LogP) is 5.89. The van der Waals surface area contributed by atoms with Crippen LogP contribution in [0.25, 0.3) is 0 Å². The van der Waals surface area contributed by atoms with E-state index >= 15 is 0 Å². The van der Waals surface area contributed by atoms with Crippen molar-refractivity contribution in [2.24, 2.45) is 11.3 Å². The summed E-state index contributed by atoms with van der Waals surface area (Å²) in [6, 6.07) is 6.88. The van der Waals surface area contributed by atoms with Gasteiger partial charge in [-0.2, -0.15) is 0 Å². The zero-order valence-corrected chi connectivity index (χ0v) is 29.1. The molecule has 0 aliphatic rings. The van der Waals surface area contributed by atoms with Crippen molar-refractivity contribution in [3.63, 3.8) is 0 Å². The molecule has 246 valence electrons. The van der Waals surface area contributed by atoms with E-state index in [0.717, 1.165) is 5.56 Å².